The highest BCUT2D eigenvalue weighted by molar-refractivity contribution is 5.91. The van der Waals surface area contributed by atoms with E-state index in [1.807, 2.05) is 0 Å². The van der Waals surface area contributed by atoms with Gasteiger partial charge in [-0.2, -0.15) is 13.2 Å². The monoisotopic (exact) mass is 399 g/mol. The Bertz CT molecular complexity index is 851. The predicted molar refractivity (Wildman–Crippen MR) is 95.7 cm³/mol. The van der Waals surface area contributed by atoms with Gasteiger partial charge in [0.25, 0.3) is 5.69 Å². The second-order valence-electron chi connectivity index (χ2n) is 6.38. The number of rotatable bonds is 8. The normalized spacial score (nSPS) is 11.6. The van der Waals surface area contributed by atoms with Crippen molar-refractivity contribution in [2.45, 2.75) is 32.6 Å². The Balaban J connectivity index is 1.86. The van der Waals surface area contributed by atoms with E-state index in [1.165, 1.54) is 30.6 Å². The van der Waals surface area contributed by atoms with Crippen molar-refractivity contribution in [3.63, 3.8) is 0 Å². The first-order valence-electron chi connectivity index (χ1n) is 8.35. The number of amides is 1. The summed E-state index contributed by atoms with van der Waals surface area (Å²) in [5, 5.41) is 13.4. The molecule has 0 aliphatic rings. The molecule has 0 aliphatic carbocycles. The fraction of sp³-hybridized carbons (Fsp3) is 0.412. The number of alkyl halides is 3. The van der Waals surface area contributed by atoms with Crippen LogP contribution in [0.15, 0.2) is 30.6 Å². The predicted octanol–water partition coefficient (Wildman–Crippen LogP) is 3.12. The van der Waals surface area contributed by atoms with Crippen molar-refractivity contribution in [2.24, 2.45) is 0 Å². The van der Waals surface area contributed by atoms with Crippen LogP contribution in [-0.4, -0.2) is 45.1 Å². The van der Waals surface area contributed by atoms with Gasteiger partial charge in [-0.15, -0.1) is 0 Å². The SMILES string of the molecule is Cc1cc([N+](=O)[O-])ccc1NC(=O)CCN(C)Cc1nccn1CC(F)(F)F. The maximum absolute atomic E-state index is 12.5. The summed E-state index contributed by atoms with van der Waals surface area (Å²) in [5.74, 6) is -0.0473. The van der Waals surface area contributed by atoms with Crippen LogP contribution in [0.1, 0.15) is 17.8 Å². The second kappa shape index (κ2) is 8.83. The molecule has 2 rings (SSSR count). The number of hydrogen-bond acceptors (Lipinski definition) is 5. The van der Waals surface area contributed by atoms with E-state index in [1.54, 1.807) is 18.9 Å². The molecule has 152 valence electrons. The lowest BCUT2D eigenvalue weighted by Gasteiger charge is -2.18. The van der Waals surface area contributed by atoms with Gasteiger partial charge in [-0.1, -0.05) is 0 Å². The van der Waals surface area contributed by atoms with Crippen LogP contribution >= 0.6 is 0 Å². The fourth-order valence-electron chi connectivity index (χ4n) is 2.56. The standard InChI is InChI=1S/C17H20F3N5O3/c1-12-9-13(25(27)28)3-4-14(12)22-16(26)5-7-23(2)10-15-21-6-8-24(15)11-17(18,19)20/h3-4,6,8-9H,5,7,10-11H2,1-2H3,(H,22,26). The zero-order valence-electron chi connectivity index (χ0n) is 15.4. The average molecular weight is 399 g/mol. The van der Waals surface area contributed by atoms with Gasteiger partial charge in [0, 0.05) is 43.2 Å². The molecule has 1 amide bonds. The summed E-state index contributed by atoms with van der Waals surface area (Å²) < 4.78 is 38.7. The van der Waals surface area contributed by atoms with Gasteiger partial charge in [-0.25, -0.2) is 4.98 Å². The number of aryl methyl sites for hydroxylation is 1. The van der Waals surface area contributed by atoms with Gasteiger partial charge in [0.2, 0.25) is 5.91 Å². The Hall–Kier alpha value is -2.95. The Kier molecular flexibility index (Phi) is 6.73. The largest absolute Gasteiger partial charge is 0.406 e. The highest BCUT2D eigenvalue weighted by Crippen LogP contribution is 2.21. The van der Waals surface area contributed by atoms with Crippen molar-refractivity contribution in [3.05, 3.63) is 52.1 Å². The van der Waals surface area contributed by atoms with Gasteiger partial charge in [0.1, 0.15) is 12.4 Å². The van der Waals surface area contributed by atoms with Crippen LogP contribution in [0.25, 0.3) is 0 Å². The summed E-state index contributed by atoms with van der Waals surface area (Å²) in [4.78, 5) is 28.0. The molecule has 11 heteroatoms. The zero-order valence-corrected chi connectivity index (χ0v) is 15.4. The number of imidazole rings is 1. The van der Waals surface area contributed by atoms with Gasteiger partial charge in [0.05, 0.1) is 11.5 Å². The van der Waals surface area contributed by atoms with E-state index in [0.717, 1.165) is 4.57 Å². The summed E-state index contributed by atoms with van der Waals surface area (Å²) in [7, 11) is 1.68. The summed E-state index contributed by atoms with van der Waals surface area (Å²) >= 11 is 0. The molecule has 2 aromatic rings. The van der Waals surface area contributed by atoms with Crippen LogP contribution in [0.3, 0.4) is 0 Å². The van der Waals surface area contributed by atoms with E-state index < -0.39 is 17.6 Å². The summed E-state index contributed by atoms with van der Waals surface area (Å²) in [6.07, 6.45) is -1.66. The molecule has 0 unspecified atom stereocenters. The Morgan fingerprint density at radius 2 is 2.11 bits per heavy atom. The minimum absolute atomic E-state index is 0.0652. The molecule has 0 atom stereocenters. The van der Waals surface area contributed by atoms with E-state index >= 15 is 0 Å². The summed E-state index contributed by atoms with van der Waals surface area (Å²) in [6, 6.07) is 4.13. The summed E-state index contributed by atoms with van der Waals surface area (Å²) in [6.45, 7) is 0.995. The van der Waals surface area contributed by atoms with Crippen LogP contribution in [0.4, 0.5) is 24.5 Å². The van der Waals surface area contributed by atoms with E-state index in [2.05, 4.69) is 10.3 Å². The number of halogens is 3. The van der Waals surface area contributed by atoms with Gasteiger partial charge in [0.15, 0.2) is 0 Å². The number of nitrogens with zero attached hydrogens (tertiary/aromatic N) is 4. The first kappa shape index (κ1) is 21.4. The van der Waals surface area contributed by atoms with Crippen molar-refractivity contribution < 1.29 is 22.9 Å². The molecule has 0 bridgehead atoms. The van der Waals surface area contributed by atoms with Crippen molar-refractivity contribution in [1.29, 1.82) is 0 Å². The third kappa shape index (κ3) is 6.34. The van der Waals surface area contributed by atoms with Crippen LogP contribution in [-0.2, 0) is 17.9 Å². The van der Waals surface area contributed by atoms with E-state index in [9.17, 15) is 28.1 Å². The molecule has 1 aromatic heterocycles. The highest BCUT2D eigenvalue weighted by atomic mass is 19.4. The van der Waals surface area contributed by atoms with Crippen LogP contribution < -0.4 is 5.32 Å². The third-order valence-corrected chi connectivity index (χ3v) is 3.98. The molecule has 8 nitrogen and oxygen atoms in total. The molecule has 0 fully saturated rings. The number of nitro groups is 1. The third-order valence-electron chi connectivity index (χ3n) is 3.98. The Morgan fingerprint density at radius 3 is 2.71 bits per heavy atom. The van der Waals surface area contributed by atoms with Crippen molar-refractivity contribution in [2.75, 3.05) is 18.9 Å². The maximum Gasteiger partial charge on any atom is 0.406 e. The number of nitrogens with one attached hydrogen (secondary N) is 1. The van der Waals surface area contributed by atoms with Crippen molar-refractivity contribution in [1.82, 2.24) is 14.5 Å². The van der Waals surface area contributed by atoms with Crippen LogP contribution in [0.2, 0.25) is 0 Å². The van der Waals surface area contributed by atoms with E-state index in [0.29, 0.717) is 17.8 Å². The molecule has 0 spiro atoms. The molecule has 1 N–H and O–H groups in total. The number of nitro benzene ring substituents is 1. The van der Waals surface area contributed by atoms with E-state index in [-0.39, 0.29) is 30.4 Å². The lowest BCUT2D eigenvalue weighted by molar-refractivity contribution is -0.384. The van der Waals surface area contributed by atoms with Gasteiger partial charge < -0.3 is 9.88 Å². The van der Waals surface area contributed by atoms with E-state index in [4.69, 9.17) is 0 Å². The van der Waals surface area contributed by atoms with Gasteiger partial charge >= 0.3 is 6.18 Å². The summed E-state index contributed by atoms with van der Waals surface area (Å²) in [5.41, 5.74) is 0.966. The lowest BCUT2D eigenvalue weighted by atomic mass is 10.1. The fourth-order valence-corrected chi connectivity index (χ4v) is 2.56. The quantitative estimate of drug-likeness (QED) is 0.544. The number of non-ortho nitro benzene ring substituents is 1. The second-order valence-corrected chi connectivity index (χ2v) is 6.38. The number of carbonyl (C=O) groups excluding carboxylic acids is 1. The van der Waals surface area contributed by atoms with Crippen LogP contribution in [0.5, 0.6) is 0 Å². The molecule has 0 radical (unpaired) electrons. The van der Waals surface area contributed by atoms with Crippen molar-refractivity contribution in [3.8, 4) is 0 Å². The molecular formula is C17H20F3N5O3. The average Bonchev–Trinajstić information content (AvgIpc) is 2.99. The number of hydrogen-bond donors (Lipinski definition) is 1. The molecule has 0 saturated heterocycles. The molecule has 28 heavy (non-hydrogen) atoms. The minimum atomic E-state index is -4.34. The number of anilines is 1. The highest BCUT2D eigenvalue weighted by Gasteiger charge is 2.28. The number of benzene rings is 1. The molecular weight excluding hydrogens is 379 g/mol. The first-order valence-corrected chi connectivity index (χ1v) is 8.35. The zero-order chi connectivity index (χ0) is 20.9. The van der Waals surface area contributed by atoms with Gasteiger partial charge in [-0.3, -0.25) is 19.8 Å². The smallest absolute Gasteiger partial charge is 0.326 e. The van der Waals surface area contributed by atoms with Crippen LogP contribution in [0, 0.1) is 17.0 Å². The number of carbonyl (C=O) groups is 1. The molecule has 0 aliphatic heterocycles. The van der Waals surface area contributed by atoms with Gasteiger partial charge in [-0.05, 0) is 25.6 Å². The topological polar surface area (TPSA) is 93.3 Å². The Morgan fingerprint density at radius 1 is 1.39 bits per heavy atom. The molecule has 1 aromatic carbocycles. The van der Waals surface area contributed by atoms with Crippen molar-refractivity contribution >= 4 is 17.3 Å². The molecule has 1 heterocycles. The Labute approximate surface area is 159 Å². The first-order chi connectivity index (χ1) is 13.0. The molecule has 0 saturated carbocycles. The number of aromatic nitrogens is 2. The lowest BCUT2D eigenvalue weighted by Crippen LogP contribution is -2.27. The maximum atomic E-state index is 12.5. The minimum Gasteiger partial charge on any atom is -0.326 e.